The summed E-state index contributed by atoms with van der Waals surface area (Å²) in [5, 5.41) is 0. The van der Waals surface area contributed by atoms with Crippen LogP contribution in [0.1, 0.15) is 24.1 Å². The van der Waals surface area contributed by atoms with Crippen molar-refractivity contribution in [1.82, 2.24) is 14.7 Å². The summed E-state index contributed by atoms with van der Waals surface area (Å²) < 4.78 is 13.5. The predicted octanol–water partition coefficient (Wildman–Crippen LogP) is 1.17. The van der Waals surface area contributed by atoms with E-state index in [0.29, 0.717) is 13.0 Å². The van der Waals surface area contributed by atoms with Gasteiger partial charge in [0.25, 0.3) is 5.91 Å². The number of carbonyl (C=O) groups excluding carboxylic acids is 3. The lowest BCUT2D eigenvalue weighted by atomic mass is 9.93. The van der Waals surface area contributed by atoms with E-state index in [0.717, 1.165) is 16.0 Å². The maximum absolute atomic E-state index is 13.5. The first kappa shape index (κ1) is 15.5. The number of imide groups is 1. The highest BCUT2D eigenvalue weighted by Gasteiger charge is 2.37. The molecule has 122 valence electrons. The van der Waals surface area contributed by atoms with Gasteiger partial charge in [-0.15, -0.1) is 0 Å². The fraction of sp³-hybridized carbons (Fsp3) is 0.438. The Balaban J connectivity index is 1.76. The molecule has 0 aliphatic carbocycles. The third-order valence-corrected chi connectivity index (χ3v) is 4.49. The normalized spacial score (nSPS) is 21.0. The van der Waals surface area contributed by atoms with Gasteiger partial charge in [-0.3, -0.25) is 14.5 Å². The third-order valence-electron chi connectivity index (χ3n) is 4.49. The topological polar surface area (TPSA) is 60.9 Å². The number of urea groups is 1. The van der Waals surface area contributed by atoms with Gasteiger partial charge in [0.2, 0.25) is 5.91 Å². The molecule has 2 aliphatic rings. The fourth-order valence-corrected chi connectivity index (χ4v) is 3.18. The third kappa shape index (κ3) is 2.67. The Bertz CT molecular complexity index is 691. The molecule has 0 aromatic heterocycles. The predicted molar refractivity (Wildman–Crippen MR) is 80.0 cm³/mol. The molecule has 7 heteroatoms. The minimum absolute atomic E-state index is 0.00425. The van der Waals surface area contributed by atoms with E-state index in [1.54, 1.807) is 11.0 Å². The van der Waals surface area contributed by atoms with Gasteiger partial charge in [0.1, 0.15) is 18.9 Å². The van der Waals surface area contributed by atoms with Gasteiger partial charge in [-0.1, -0.05) is 6.07 Å². The molecular weight excluding hydrogens is 301 g/mol. The smallest absolute Gasteiger partial charge is 0.327 e. The molecule has 1 atom stereocenters. The molecule has 1 aromatic rings. The molecule has 2 aliphatic heterocycles. The number of fused-ring (bicyclic) bond motifs is 1. The number of likely N-dealkylation sites (N-methyl/N-ethyl adjacent to an activating group) is 1. The maximum Gasteiger partial charge on any atom is 0.327 e. The molecule has 1 saturated heterocycles. The van der Waals surface area contributed by atoms with Gasteiger partial charge >= 0.3 is 6.03 Å². The van der Waals surface area contributed by atoms with Crippen LogP contribution < -0.4 is 0 Å². The lowest BCUT2D eigenvalue weighted by Gasteiger charge is -2.36. The molecule has 0 saturated carbocycles. The Morgan fingerprint density at radius 1 is 1.35 bits per heavy atom. The number of halogens is 1. The molecule has 2 heterocycles. The van der Waals surface area contributed by atoms with Crippen LogP contribution in [-0.2, 0) is 16.0 Å². The lowest BCUT2D eigenvalue weighted by Crippen LogP contribution is -2.46. The van der Waals surface area contributed by atoms with Gasteiger partial charge in [0, 0.05) is 13.6 Å². The summed E-state index contributed by atoms with van der Waals surface area (Å²) in [6.45, 7) is 2.05. The van der Waals surface area contributed by atoms with Gasteiger partial charge in [0.05, 0.1) is 6.04 Å². The van der Waals surface area contributed by atoms with E-state index < -0.39 is 6.03 Å². The van der Waals surface area contributed by atoms with Crippen molar-refractivity contribution in [2.45, 2.75) is 19.4 Å². The van der Waals surface area contributed by atoms with Gasteiger partial charge in [-0.2, -0.15) is 0 Å². The molecule has 6 nitrogen and oxygen atoms in total. The van der Waals surface area contributed by atoms with Gasteiger partial charge in [-0.25, -0.2) is 9.18 Å². The first-order valence-electron chi connectivity index (χ1n) is 7.51. The number of benzene rings is 1. The summed E-state index contributed by atoms with van der Waals surface area (Å²) in [7, 11) is 1.52. The summed E-state index contributed by atoms with van der Waals surface area (Å²) in [5.41, 5.74) is 1.80. The molecule has 0 radical (unpaired) electrons. The van der Waals surface area contributed by atoms with Crippen LogP contribution in [0.25, 0.3) is 0 Å². The van der Waals surface area contributed by atoms with Crippen molar-refractivity contribution >= 4 is 17.8 Å². The Morgan fingerprint density at radius 2 is 2.09 bits per heavy atom. The van der Waals surface area contributed by atoms with Crippen LogP contribution in [0, 0.1) is 5.82 Å². The zero-order chi connectivity index (χ0) is 16.7. The zero-order valence-corrected chi connectivity index (χ0v) is 13.1. The average Bonchev–Trinajstić information content (AvgIpc) is 2.74. The van der Waals surface area contributed by atoms with Crippen molar-refractivity contribution in [2.24, 2.45) is 0 Å². The van der Waals surface area contributed by atoms with Gasteiger partial charge in [-0.05, 0) is 36.6 Å². The van der Waals surface area contributed by atoms with Crippen LogP contribution in [0.15, 0.2) is 18.2 Å². The molecule has 0 bridgehead atoms. The molecule has 1 unspecified atom stereocenters. The van der Waals surface area contributed by atoms with E-state index in [4.69, 9.17) is 0 Å². The van der Waals surface area contributed by atoms with Crippen molar-refractivity contribution in [2.75, 3.05) is 26.7 Å². The van der Waals surface area contributed by atoms with E-state index in [1.807, 2.05) is 6.92 Å². The highest BCUT2D eigenvalue weighted by atomic mass is 19.1. The van der Waals surface area contributed by atoms with Gasteiger partial charge in [0.15, 0.2) is 0 Å². The molecule has 4 amide bonds. The number of hydrogen-bond donors (Lipinski definition) is 0. The lowest BCUT2D eigenvalue weighted by molar-refractivity contribution is -0.138. The second kappa shape index (κ2) is 5.64. The number of carbonyl (C=O) groups is 3. The van der Waals surface area contributed by atoms with Crippen molar-refractivity contribution in [3.8, 4) is 0 Å². The van der Waals surface area contributed by atoms with E-state index in [2.05, 4.69) is 0 Å². The Morgan fingerprint density at radius 3 is 2.74 bits per heavy atom. The summed E-state index contributed by atoms with van der Waals surface area (Å²) in [6.07, 6.45) is 0.632. The summed E-state index contributed by atoms with van der Waals surface area (Å²) in [4.78, 5) is 40.0. The first-order chi connectivity index (χ1) is 10.9. The van der Waals surface area contributed by atoms with Crippen LogP contribution in [0.4, 0.5) is 9.18 Å². The number of hydrogen-bond acceptors (Lipinski definition) is 3. The largest absolute Gasteiger partial charge is 0.334 e. The molecular formula is C16H18FN3O3. The molecule has 3 rings (SSSR count). The van der Waals surface area contributed by atoms with E-state index in [9.17, 15) is 18.8 Å². The standard InChI is InChI=1S/C16H18FN3O3/c1-10-13-7-12(17)4-3-11(13)5-6-19(10)15(22)9-20-14(21)8-18(2)16(20)23/h3-4,7,10H,5-6,8-9H2,1-2H3. The van der Waals surface area contributed by atoms with E-state index >= 15 is 0 Å². The van der Waals surface area contributed by atoms with Crippen molar-refractivity contribution in [1.29, 1.82) is 0 Å². The summed E-state index contributed by atoms with van der Waals surface area (Å²) in [5.74, 6) is -1.01. The zero-order valence-electron chi connectivity index (χ0n) is 13.1. The van der Waals surface area contributed by atoms with Crippen molar-refractivity contribution < 1.29 is 18.8 Å². The van der Waals surface area contributed by atoms with Crippen LogP contribution in [0.3, 0.4) is 0 Å². The monoisotopic (exact) mass is 319 g/mol. The number of nitrogens with zero attached hydrogens (tertiary/aromatic N) is 3. The molecule has 23 heavy (non-hydrogen) atoms. The Kier molecular flexibility index (Phi) is 3.79. The van der Waals surface area contributed by atoms with Gasteiger partial charge < -0.3 is 9.80 Å². The quantitative estimate of drug-likeness (QED) is 0.769. The highest BCUT2D eigenvalue weighted by molar-refractivity contribution is 6.04. The fourth-order valence-electron chi connectivity index (χ4n) is 3.18. The first-order valence-corrected chi connectivity index (χ1v) is 7.51. The highest BCUT2D eigenvalue weighted by Crippen LogP contribution is 2.30. The molecule has 0 N–H and O–H groups in total. The minimum Gasteiger partial charge on any atom is -0.334 e. The molecule has 1 fully saturated rings. The molecule has 1 aromatic carbocycles. The average molecular weight is 319 g/mol. The second-order valence-electron chi connectivity index (χ2n) is 5.97. The Hall–Kier alpha value is -2.44. The van der Waals surface area contributed by atoms with Crippen LogP contribution in [0.5, 0.6) is 0 Å². The van der Waals surface area contributed by atoms with Crippen molar-refractivity contribution in [3.63, 3.8) is 0 Å². The number of amides is 4. The second-order valence-corrected chi connectivity index (χ2v) is 5.97. The van der Waals surface area contributed by atoms with Crippen LogP contribution in [-0.4, -0.2) is 59.2 Å². The van der Waals surface area contributed by atoms with Crippen molar-refractivity contribution in [3.05, 3.63) is 35.1 Å². The van der Waals surface area contributed by atoms with E-state index in [-0.39, 0.29) is 36.8 Å². The SMILES string of the molecule is CC1c2cc(F)ccc2CCN1C(=O)CN1C(=O)CN(C)C1=O. The maximum atomic E-state index is 13.5. The molecule has 0 spiro atoms. The summed E-state index contributed by atoms with van der Waals surface area (Å²) in [6, 6.07) is 3.86. The van der Waals surface area contributed by atoms with E-state index in [1.165, 1.54) is 24.1 Å². The number of rotatable bonds is 2. The van der Waals surface area contributed by atoms with Crippen LogP contribution in [0.2, 0.25) is 0 Å². The summed E-state index contributed by atoms with van der Waals surface area (Å²) >= 11 is 0. The van der Waals surface area contributed by atoms with Crippen LogP contribution >= 0.6 is 0 Å². The minimum atomic E-state index is -0.459. The Labute approximate surface area is 133 Å².